The van der Waals surface area contributed by atoms with Gasteiger partial charge in [0.1, 0.15) is 10.0 Å². The molecule has 7 heteroatoms. The minimum atomic E-state index is -4.14. The summed E-state index contributed by atoms with van der Waals surface area (Å²) in [6.45, 7) is 0. The lowest BCUT2D eigenvalue weighted by Gasteiger charge is -1.93. The summed E-state index contributed by atoms with van der Waals surface area (Å²) in [4.78, 5) is 3.21. The molecule has 12 heavy (non-hydrogen) atoms. The highest BCUT2D eigenvalue weighted by atomic mass is 35.5. The topological polar surface area (TPSA) is 67.3 Å². The summed E-state index contributed by atoms with van der Waals surface area (Å²) in [5.41, 5.74) is 0. The maximum Gasteiger partial charge on any atom is 0.296 e. The van der Waals surface area contributed by atoms with E-state index in [0.29, 0.717) is 0 Å². The molecule has 4 nitrogen and oxygen atoms in total. The molecular formula is C5H5Cl2NO3S. The van der Waals surface area contributed by atoms with Crippen molar-refractivity contribution in [2.75, 3.05) is 0 Å². The van der Waals surface area contributed by atoms with Gasteiger partial charge in [0.15, 0.2) is 0 Å². The van der Waals surface area contributed by atoms with E-state index in [-0.39, 0.29) is 22.5 Å². The monoisotopic (exact) mass is 229 g/mol. The minimum Gasteiger partial charge on any atom is -0.282 e. The van der Waals surface area contributed by atoms with Crippen molar-refractivity contribution >= 4 is 34.1 Å². The fourth-order valence-corrected chi connectivity index (χ4v) is 1.05. The summed E-state index contributed by atoms with van der Waals surface area (Å²) in [6.07, 6.45) is 0.984. The van der Waals surface area contributed by atoms with E-state index in [1.807, 2.05) is 0 Å². The third-order valence-corrected chi connectivity index (χ3v) is 2.06. The molecule has 1 N–H and O–H groups in total. The highest BCUT2D eigenvalue weighted by molar-refractivity contribution is 7.85. The standard InChI is InChI=1S/C5H4ClNO3S.ClH/c6-5-2-1-4(3-7-5)11(8,9)10;/h1-3H,(H,8,9,10);1H. The maximum atomic E-state index is 10.4. The molecule has 0 radical (unpaired) electrons. The first kappa shape index (κ1) is 11.6. The van der Waals surface area contributed by atoms with E-state index in [4.69, 9.17) is 16.2 Å². The van der Waals surface area contributed by atoms with Crippen LogP contribution in [0.4, 0.5) is 0 Å². The number of hydrogen-bond acceptors (Lipinski definition) is 3. The van der Waals surface area contributed by atoms with E-state index >= 15 is 0 Å². The molecule has 0 atom stereocenters. The van der Waals surface area contributed by atoms with Crippen molar-refractivity contribution < 1.29 is 13.0 Å². The molecule has 0 aliphatic rings. The first-order valence-corrected chi connectivity index (χ1v) is 4.41. The summed E-state index contributed by atoms with van der Waals surface area (Å²) < 4.78 is 29.3. The number of nitrogens with zero attached hydrogens (tertiary/aromatic N) is 1. The van der Waals surface area contributed by atoms with Gasteiger partial charge in [-0.1, -0.05) is 11.6 Å². The van der Waals surface area contributed by atoms with Crippen LogP contribution in [-0.2, 0) is 10.1 Å². The zero-order valence-electron chi connectivity index (χ0n) is 5.64. The van der Waals surface area contributed by atoms with Gasteiger partial charge >= 0.3 is 0 Å². The van der Waals surface area contributed by atoms with Crippen LogP contribution in [-0.4, -0.2) is 18.0 Å². The van der Waals surface area contributed by atoms with Crippen LogP contribution in [0.2, 0.25) is 5.15 Å². The van der Waals surface area contributed by atoms with Crippen molar-refractivity contribution in [1.82, 2.24) is 4.98 Å². The van der Waals surface area contributed by atoms with Crippen LogP contribution in [0, 0.1) is 0 Å². The predicted octanol–water partition coefficient (Wildman–Crippen LogP) is 1.40. The molecule has 0 amide bonds. The van der Waals surface area contributed by atoms with E-state index < -0.39 is 10.1 Å². The van der Waals surface area contributed by atoms with E-state index in [1.165, 1.54) is 12.1 Å². The molecular weight excluding hydrogens is 225 g/mol. The lowest BCUT2D eigenvalue weighted by molar-refractivity contribution is 0.483. The quantitative estimate of drug-likeness (QED) is 0.584. The molecule has 0 saturated carbocycles. The molecule has 0 aromatic carbocycles. The smallest absolute Gasteiger partial charge is 0.282 e. The predicted molar refractivity (Wildman–Crippen MR) is 46.3 cm³/mol. The molecule has 0 fully saturated rings. The first-order valence-electron chi connectivity index (χ1n) is 2.59. The average Bonchev–Trinajstić information content (AvgIpc) is 1.86. The fraction of sp³-hybridized carbons (Fsp3) is 0. The largest absolute Gasteiger partial charge is 0.296 e. The Morgan fingerprint density at radius 3 is 2.33 bits per heavy atom. The molecule has 1 heterocycles. The van der Waals surface area contributed by atoms with Gasteiger partial charge < -0.3 is 0 Å². The molecule has 0 aliphatic heterocycles. The second-order valence-corrected chi connectivity index (χ2v) is 3.60. The third kappa shape index (κ3) is 2.94. The summed E-state index contributed by atoms with van der Waals surface area (Å²) in [7, 11) is -4.14. The molecule has 68 valence electrons. The SMILES string of the molecule is Cl.O=S(=O)(O)c1ccc(Cl)nc1. The van der Waals surface area contributed by atoms with E-state index in [0.717, 1.165) is 6.20 Å². The van der Waals surface area contributed by atoms with Gasteiger partial charge in [-0.05, 0) is 12.1 Å². The van der Waals surface area contributed by atoms with Crippen molar-refractivity contribution in [2.45, 2.75) is 4.90 Å². The molecule has 1 aromatic heterocycles. The molecule has 1 aromatic rings. The second-order valence-electron chi connectivity index (χ2n) is 1.79. The lowest BCUT2D eigenvalue weighted by atomic mass is 10.5. The van der Waals surface area contributed by atoms with Gasteiger partial charge in [-0.2, -0.15) is 8.42 Å². The molecule has 0 unspecified atom stereocenters. The fourth-order valence-electron chi connectivity index (χ4n) is 0.515. The Balaban J connectivity index is 0.00000121. The van der Waals surface area contributed by atoms with Gasteiger partial charge in [-0.3, -0.25) is 4.55 Å². The summed E-state index contributed by atoms with van der Waals surface area (Å²) in [5.74, 6) is 0. The third-order valence-electron chi connectivity index (χ3n) is 0.998. The van der Waals surface area contributed by atoms with Crippen molar-refractivity contribution in [3.05, 3.63) is 23.5 Å². The van der Waals surface area contributed by atoms with Gasteiger partial charge in [-0.25, -0.2) is 4.98 Å². The van der Waals surface area contributed by atoms with Crippen molar-refractivity contribution in [2.24, 2.45) is 0 Å². The van der Waals surface area contributed by atoms with Crippen LogP contribution in [0.15, 0.2) is 23.2 Å². The lowest BCUT2D eigenvalue weighted by Crippen LogP contribution is -1.97. The normalized spacial score (nSPS) is 10.5. The molecule has 0 spiro atoms. The zero-order chi connectivity index (χ0) is 8.48. The average molecular weight is 230 g/mol. The second kappa shape index (κ2) is 4.04. The van der Waals surface area contributed by atoms with Crippen LogP contribution < -0.4 is 0 Å². The number of halogens is 2. The number of pyridine rings is 1. The van der Waals surface area contributed by atoms with Crippen molar-refractivity contribution in [3.63, 3.8) is 0 Å². The van der Waals surface area contributed by atoms with Gasteiger partial charge in [0.05, 0.1) is 0 Å². The van der Waals surface area contributed by atoms with Crippen LogP contribution in [0.5, 0.6) is 0 Å². The van der Waals surface area contributed by atoms with Crippen LogP contribution in [0.3, 0.4) is 0 Å². The summed E-state index contributed by atoms with van der Waals surface area (Å²) >= 11 is 5.37. The first-order chi connectivity index (χ1) is 5.00. The number of rotatable bonds is 1. The van der Waals surface area contributed by atoms with Crippen molar-refractivity contribution in [1.29, 1.82) is 0 Å². The number of hydrogen-bond donors (Lipinski definition) is 1. The summed E-state index contributed by atoms with van der Waals surface area (Å²) in [5, 5.41) is 0.178. The maximum absolute atomic E-state index is 10.4. The summed E-state index contributed by atoms with van der Waals surface area (Å²) in [6, 6.07) is 2.45. The highest BCUT2D eigenvalue weighted by Gasteiger charge is 2.08. The van der Waals surface area contributed by atoms with E-state index in [9.17, 15) is 8.42 Å². The Morgan fingerprint density at radius 2 is 2.00 bits per heavy atom. The Bertz CT molecular complexity index is 347. The Hall–Kier alpha value is -0.360. The van der Waals surface area contributed by atoms with E-state index in [2.05, 4.69) is 4.98 Å². The van der Waals surface area contributed by atoms with Crippen molar-refractivity contribution in [3.8, 4) is 0 Å². The van der Waals surface area contributed by atoms with Crippen LogP contribution >= 0.6 is 24.0 Å². The number of aromatic nitrogens is 1. The van der Waals surface area contributed by atoms with Gasteiger partial charge in [0, 0.05) is 6.20 Å². The zero-order valence-corrected chi connectivity index (χ0v) is 8.03. The molecule has 0 aliphatic carbocycles. The van der Waals surface area contributed by atoms with E-state index in [1.54, 1.807) is 0 Å². The molecule has 0 bridgehead atoms. The van der Waals surface area contributed by atoms with Crippen LogP contribution in [0.1, 0.15) is 0 Å². The Labute approximate surface area is 80.7 Å². The van der Waals surface area contributed by atoms with Crippen LogP contribution in [0.25, 0.3) is 0 Å². The van der Waals surface area contributed by atoms with Gasteiger partial charge in [0.25, 0.3) is 10.1 Å². The van der Waals surface area contributed by atoms with Gasteiger partial charge in [0.2, 0.25) is 0 Å². The van der Waals surface area contributed by atoms with Gasteiger partial charge in [-0.15, -0.1) is 12.4 Å². The Kier molecular flexibility index (Phi) is 3.92. The molecule has 0 saturated heterocycles. The minimum absolute atomic E-state index is 0. The highest BCUT2D eigenvalue weighted by Crippen LogP contribution is 2.09. The Morgan fingerprint density at radius 1 is 1.42 bits per heavy atom. The molecule has 1 rings (SSSR count).